The van der Waals surface area contributed by atoms with Crippen LogP contribution >= 0.6 is 0 Å². The molecule has 1 aliphatic rings. The van der Waals surface area contributed by atoms with Crippen LogP contribution in [-0.4, -0.2) is 52.9 Å². The van der Waals surface area contributed by atoms with Gasteiger partial charge in [0.25, 0.3) is 11.8 Å². The number of nitrogens with zero attached hydrogens (tertiary/aromatic N) is 3. The van der Waals surface area contributed by atoms with E-state index in [1.54, 1.807) is 36.7 Å². The summed E-state index contributed by atoms with van der Waals surface area (Å²) in [6.45, 7) is 7.65. The molecule has 0 saturated carbocycles. The van der Waals surface area contributed by atoms with Gasteiger partial charge in [0, 0.05) is 35.1 Å². The standard InChI is InChI=1S/C32H34N6O3/c1-22-7-5-8-24(17-22)30(39)35-26-12-11-23(2)29(19-26)31(40)36-27-20-33-32(34-21-27)37-25-9-6-10-28(18-25)41-16-15-38-13-3-4-14-38/h5-12,17-21H,3-4,13-16H2,1-2H3,(H,35,39)(H,36,40)(H,33,34,37). The lowest BCUT2D eigenvalue weighted by molar-refractivity contribution is 0.101. The summed E-state index contributed by atoms with van der Waals surface area (Å²) in [5.74, 6) is 0.622. The van der Waals surface area contributed by atoms with Crippen molar-refractivity contribution < 1.29 is 14.3 Å². The SMILES string of the molecule is Cc1cccc(C(=O)Nc2ccc(C)c(C(=O)Nc3cnc(Nc4cccc(OCCN5CCCC5)c4)nc3)c2)c1. The van der Waals surface area contributed by atoms with Crippen molar-refractivity contribution in [3.8, 4) is 5.75 Å². The summed E-state index contributed by atoms with van der Waals surface area (Å²) in [4.78, 5) is 36.8. The molecule has 0 unspecified atom stereocenters. The monoisotopic (exact) mass is 550 g/mol. The Hall–Kier alpha value is -4.76. The predicted molar refractivity (Wildman–Crippen MR) is 161 cm³/mol. The zero-order valence-corrected chi connectivity index (χ0v) is 23.3. The highest BCUT2D eigenvalue weighted by molar-refractivity contribution is 6.08. The predicted octanol–water partition coefficient (Wildman–Crippen LogP) is 5.82. The van der Waals surface area contributed by atoms with Crippen molar-refractivity contribution in [2.24, 2.45) is 0 Å². The first-order valence-corrected chi connectivity index (χ1v) is 13.8. The van der Waals surface area contributed by atoms with Crippen molar-refractivity contribution in [3.63, 3.8) is 0 Å². The van der Waals surface area contributed by atoms with Crippen molar-refractivity contribution in [3.05, 3.63) is 101 Å². The summed E-state index contributed by atoms with van der Waals surface area (Å²) in [6.07, 6.45) is 5.62. The van der Waals surface area contributed by atoms with Crippen LogP contribution < -0.4 is 20.7 Å². The summed E-state index contributed by atoms with van der Waals surface area (Å²) < 4.78 is 5.92. The number of aryl methyl sites for hydroxylation is 2. The summed E-state index contributed by atoms with van der Waals surface area (Å²) in [6, 6.07) is 20.3. The van der Waals surface area contributed by atoms with Crippen molar-refractivity contribution in [2.45, 2.75) is 26.7 Å². The van der Waals surface area contributed by atoms with E-state index in [-0.39, 0.29) is 11.8 Å². The van der Waals surface area contributed by atoms with Crippen molar-refractivity contribution in [1.29, 1.82) is 0 Å². The third-order valence-electron chi connectivity index (χ3n) is 6.90. The van der Waals surface area contributed by atoms with Gasteiger partial charge in [0.05, 0.1) is 18.1 Å². The molecule has 1 saturated heterocycles. The van der Waals surface area contributed by atoms with E-state index in [0.29, 0.717) is 35.1 Å². The average molecular weight is 551 g/mol. The maximum atomic E-state index is 13.1. The minimum atomic E-state index is -0.322. The molecule has 3 N–H and O–H groups in total. The number of nitrogens with one attached hydrogen (secondary N) is 3. The lowest BCUT2D eigenvalue weighted by Gasteiger charge is -2.15. The van der Waals surface area contributed by atoms with Gasteiger partial charge >= 0.3 is 0 Å². The Balaban J connectivity index is 1.17. The van der Waals surface area contributed by atoms with Crippen molar-refractivity contribution >= 4 is 34.8 Å². The average Bonchev–Trinajstić information content (AvgIpc) is 3.49. The second kappa shape index (κ2) is 13.1. The van der Waals surface area contributed by atoms with Crippen LogP contribution in [0.3, 0.4) is 0 Å². The molecule has 0 atom stereocenters. The topological polar surface area (TPSA) is 108 Å². The molecule has 210 valence electrons. The van der Waals surface area contributed by atoms with Gasteiger partial charge in [-0.05, 0) is 81.7 Å². The smallest absolute Gasteiger partial charge is 0.256 e. The van der Waals surface area contributed by atoms with Gasteiger partial charge in [0.15, 0.2) is 0 Å². The number of hydrogen-bond donors (Lipinski definition) is 3. The normalized spacial score (nSPS) is 13.0. The van der Waals surface area contributed by atoms with Gasteiger partial charge in [-0.2, -0.15) is 0 Å². The van der Waals surface area contributed by atoms with Crippen LogP contribution in [0.1, 0.15) is 44.7 Å². The molecule has 1 aromatic heterocycles. The van der Waals surface area contributed by atoms with E-state index in [2.05, 4.69) is 30.8 Å². The number of rotatable bonds is 10. The lowest BCUT2D eigenvalue weighted by Crippen LogP contribution is -2.25. The molecule has 0 radical (unpaired) electrons. The molecule has 1 aliphatic heterocycles. The van der Waals surface area contributed by atoms with Gasteiger partial charge in [-0.25, -0.2) is 9.97 Å². The fourth-order valence-electron chi connectivity index (χ4n) is 4.68. The molecule has 0 spiro atoms. The van der Waals surface area contributed by atoms with Crippen LogP contribution in [0.2, 0.25) is 0 Å². The van der Waals surface area contributed by atoms with Crippen LogP contribution in [0.5, 0.6) is 5.75 Å². The molecular weight excluding hydrogens is 516 g/mol. The van der Waals surface area contributed by atoms with Crippen molar-refractivity contribution in [1.82, 2.24) is 14.9 Å². The summed E-state index contributed by atoms with van der Waals surface area (Å²) in [7, 11) is 0. The number of hydrogen-bond acceptors (Lipinski definition) is 7. The quantitative estimate of drug-likeness (QED) is 0.228. The van der Waals surface area contributed by atoms with E-state index in [0.717, 1.165) is 42.2 Å². The van der Waals surface area contributed by atoms with Crippen LogP contribution in [0.25, 0.3) is 0 Å². The van der Waals surface area contributed by atoms with Gasteiger partial charge in [-0.15, -0.1) is 0 Å². The number of amides is 2. The summed E-state index contributed by atoms with van der Waals surface area (Å²) >= 11 is 0. The molecule has 41 heavy (non-hydrogen) atoms. The largest absolute Gasteiger partial charge is 0.492 e. The molecule has 9 heteroatoms. The third-order valence-corrected chi connectivity index (χ3v) is 6.90. The second-order valence-corrected chi connectivity index (χ2v) is 10.2. The Labute approximate surface area is 240 Å². The van der Waals surface area contributed by atoms with Gasteiger partial charge < -0.3 is 20.7 Å². The highest BCUT2D eigenvalue weighted by Gasteiger charge is 2.14. The summed E-state index contributed by atoms with van der Waals surface area (Å²) in [5, 5.41) is 8.88. The first kappa shape index (κ1) is 27.8. The molecule has 1 fully saturated rings. The molecular formula is C32H34N6O3. The maximum Gasteiger partial charge on any atom is 0.256 e. The van der Waals surface area contributed by atoms with E-state index in [9.17, 15) is 9.59 Å². The van der Waals surface area contributed by atoms with Crippen LogP contribution in [0.4, 0.5) is 23.0 Å². The molecule has 0 bridgehead atoms. The van der Waals surface area contributed by atoms with Gasteiger partial charge in [-0.3, -0.25) is 14.5 Å². The number of ether oxygens (including phenoxy) is 1. The summed E-state index contributed by atoms with van der Waals surface area (Å²) in [5.41, 5.74) is 4.56. The second-order valence-electron chi connectivity index (χ2n) is 10.2. The van der Waals surface area contributed by atoms with E-state index in [1.807, 2.05) is 56.3 Å². The molecule has 5 rings (SSSR count). The first-order chi connectivity index (χ1) is 19.9. The molecule has 4 aromatic rings. The highest BCUT2D eigenvalue weighted by Crippen LogP contribution is 2.22. The van der Waals surface area contributed by atoms with Gasteiger partial charge in [-0.1, -0.05) is 29.8 Å². The molecule has 2 heterocycles. The van der Waals surface area contributed by atoms with E-state index < -0.39 is 0 Å². The number of carbonyl (C=O) groups is 2. The minimum Gasteiger partial charge on any atom is -0.492 e. The Bertz CT molecular complexity index is 1520. The Kier molecular flexibility index (Phi) is 8.85. The van der Waals surface area contributed by atoms with E-state index in [1.165, 1.54) is 12.8 Å². The van der Waals surface area contributed by atoms with Crippen LogP contribution in [-0.2, 0) is 0 Å². The number of carbonyl (C=O) groups excluding carboxylic acids is 2. The molecule has 0 aliphatic carbocycles. The molecule has 2 amide bonds. The lowest BCUT2D eigenvalue weighted by atomic mass is 10.1. The van der Waals surface area contributed by atoms with Crippen LogP contribution in [0.15, 0.2) is 79.1 Å². The molecule has 9 nitrogen and oxygen atoms in total. The third kappa shape index (κ3) is 7.67. The highest BCUT2D eigenvalue weighted by atomic mass is 16.5. The fraction of sp³-hybridized carbons (Fsp3) is 0.250. The first-order valence-electron chi connectivity index (χ1n) is 13.8. The van der Waals surface area contributed by atoms with Gasteiger partial charge in [0.2, 0.25) is 5.95 Å². The van der Waals surface area contributed by atoms with Gasteiger partial charge in [0.1, 0.15) is 12.4 Å². The number of benzene rings is 3. The Morgan fingerprint density at radius 3 is 2.37 bits per heavy atom. The Morgan fingerprint density at radius 1 is 0.829 bits per heavy atom. The zero-order valence-electron chi connectivity index (χ0n) is 23.3. The number of likely N-dealkylation sites (tertiary alicyclic amines) is 1. The van der Waals surface area contributed by atoms with E-state index in [4.69, 9.17) is 4.74 Å². The van der Waals surface area contributed by atoms with Crippen molar-refractivity contribution in [2.75, 3.05) is 42.2 Å². The van der Waals surface area contributed by atoms with Crippen LogP contribution in [0, 0.1) is 13.8 Å². The fourth-order valence-corrected chi connectivity index (χ4v) is 4.68. The van der Waals surface area contributed by atoms with E-state index >= 15 is 0 Å². The number of anilines is 4. The molecule has 3 aromatic carbocycles. The number of aromatic nitrogens is 2. The Morgan fingerprint density at radius 2 is 1.59 bits per heavy atom. The zero-order chi connectivity index (χ0) is 28.6. The minimum absolute atomic E-state index is 0.237. The maximum absolute atomic E-state index is 13.1.